The average molecular weight is 205 g/mol. The molecule has 3 N–H and O–H groups in total. The quantitative estimate of drug-likeness (QED) is 0.751. The van der Waals surface area contributed by atoms with E-state index in [0.29, 0.717) is 11.1 Å². The van der Waals surface area contributed by atoms with Crippen LogP contribution in [0.3, 0.4) is 0 Å². The van der Waals surface area contributed by atoms with Crippen molar-refractivity contribution in [2.45, 2.75) is 6.04 Å². The summed E-state index contributed by atoms with van der Waals surface area (Å²) >= 11 is 0. The maximum Gasteiger partial charge on any atom is 0.241 e. The number of nitrogens with zero attached hydrogens (tertiary/aromatic N) is 1. The molecule has 1 atom stereocenters. The molecule has 0 fully saturated rings. The Kier molecular flexibility index (Phi) is 2.39. The lowest BCUT2D eigenvalue weighted by Crippen LogP contribution is -2.31. The Hall–Kier alpha value is -1.88. The van der Waals surface area contributed by atoms with Gasteiger partial charge in [0.05, 0.1) is 0 Å². The van der Waals surface area contributed by atoms with E-state index in [9.17, 15) is 4.79 Å². The normalized spacial score (nSPS) is 12.7. The fourth-order valence-electron chi connectivity index (χ4n) is 1.37. The Bertz CT molecular complexity index is 492. The molecule has 1 aromatic carbocycles. The number of fused-ring (bicyclic) bond motifs is 1. The monoisotopic (exact) mass is 205 g/mol. The van der Waals surface area contributed by atoms with Crippen LogP contribution in [0.25, 0.3) is 11.1 Å². The van der Waals surface area contributed by atoms with Crippen molar-refractivity contribution in [2.75, 3.05) is 7.05 Å². The molecule has 78 valence electrons. The zero-order valence-electron chi connectivity index (χ0n) is 8.23. The molecule has 1 heterocycles. The lowest BCUT2D eigenvalue weighted by Gasteiger charge is -2.09. The van der Waals surface area contributed by atoms with Crippen molar-refractivity contribution in [3.05, 3.63) is 30.2 Å². The minimum Gasteiger partial charge on any atom is -0.443 e. The average Bonchev–Trinajstić information content (AvgIpc) is 2.73. The number of nitrogens with one attached hydrogen (secondary N) is 1. The predicted molar refractivity (Wildman–Crippen MR) is 55.0 cm³/mol. The van der Waals surface area contributed by atoms with E-state index in [2.05, 4.69) is 10.3 Å². The lowest BCUT2D eigenvalue weighted by atomic mass is 10.1. The third-order valence-electron chi connectivity index (χ3n) is 2.24. The first-order valence-electron chi connectivity index (χ1n) is 4.52. The van der Waals surface area contributed by atoms with Crippen LogP contribution in [0.4, 0.5) is 0 Å². The first-order chi connectivity index (χ1) is 7.22. The zero-order valence-corrected chi connectivity index (χ0v) is 8.23. The number of nitrogens with two attached hydrogens (primary N) is 1. The molecule has 1 aromatic heterocycles. The molecule has 5 nitrogen and oxygen atoms in total. The minimum absolute atomic E-state index is 0.228. The fourth-order valence-corrected chi connectivity index (χ4v) is 1.37. The van der Waals surface area contributed by atoms with E-state index in [4.69, 9.17) is 10.2 Å². The van der Waals surface area contributed by atoms with Gasteiger partial charge in [-0.15, -0.1) is 0 Å². The summed E-state index contributed by atoms with van der Waals surface area (Å²) in [6, 6.07) is 4.59. The van der Waals surface area contributed by atoms with Gasteiger partial charge in [0, 0.05) is 7.05 Å². The summed E-state index contributed by atoms with van der Waals surface area (Å²) in [5, 5.41) is 2.49. The van der Waals surface area contributed by atoms with E-state index >= 15 is 0 Å². The standard InChI is InChI=1S/C10H11N3O2/c1-12-10(14)9(11)6-2-3-7-8(4-6)15-5-13-7/h2-5,9H,11H2,1H3,(H,12,14). The number of aromatic nitrogens is 1. The molecular formula is C10H11N3O2. The predicted octanol–water partition coefficient (Wildman–Crippen LogP) is 0.574. The third kappa shape index (κ3) is 1.69. The third-order valence-corrected chi connectivity index (χ3v) is 2.24. The molecule has 0 aliphatic rings. The number of likely N-dealkylation sites (N-methyl/N-ethyl adjacent to an activating group) is 1. The first kappa shape index (κ1) is 9.67. The van der Waals surface area contributed by atoms with Gasteiger partial charge >= 0.3 is 0 Å². The molecular weight excluding hydrogens is 194 g/mol. The minimum atomic E-state index is -0.676. The molecule has 1 unspecified atom stereocenters. The van der Waals surface area contributed by atoms with E-state index in [1.165, 1.54) is 6.39 Å². The van der Waals surface area contributed by atoms with E-state index < -0.39 is 6.04 Å². The van der Waals surface area contributed by atoms with Gasteiger partial charge in [-0.05, 0) is 17.7 Å². The molecule has 0 aliphatic heterocycles. The number of rotatable bonds is 2. The Morgan fingerprint density at radius 1 is 1.60 bits per heavy atom. The fraction of sp³-hybridized carbons (Fsp3) is 0.200. The van der Waals surface area contributed by atoms with Gasteiger partial charge in [-0.3, -0.25) is 4.79 Å². The summed E-state index contributed by atoms with van der Waals surface area (Å²) in [6.07, 6.45) is 1.36. The summed E-state index contributed by atoms with van der Waals surface area (Å²) in [6.45, 7) is 0. The maximum atomic E-state index is 11.3. The summed E-state index contributed by atoms with van der Waals surface area (Å²) in [5.41, 5.74) is 7.83. The van der Waals surface area contributed by atoms with E-state index in [1.807, 2.05) is 0 Å². The van der Waals surface area contributed by atoms with Crippen LogP contribution in [0.1, 0.15) is 11.6 Å². The van der Waals surface area contributed by atoms with Gasteiger partial charge < -0.3 is 15.5 Å². The molecule has 2 aromatic rings. The molecule has 0 saturated heterocycles. The first-order valence-corrected chi connectivity index (χ1v) is 4.52. The molecule has 0 saturated carbocycles. The van der Waals surface area contributed by atoms with Crippen LogP contribution >= 0.6 is 0 Å². The lowest BCUT2D eigenvalue weighted by molar-refractivity contribution is -0.121. The summed E-state index contributed by atoms with van der Waals surface area (Å²) in [5.74, 6) is -0.228. The number of benzene rings is 1. The van der Waals surface area contributed by atoms with E-state index in [-0.39, 0.29) is 5.91 Å². The number of carbonyl (C=O) groups excluding carboxylic acids is 1. The number of carbonyl (C=O) groups is 1. The van der Waals surface area contributed by atoms with Crippen molar-refractivity contribution in [3.8, 4) is 0 Å². The van der Waals surface area contributed by atoms with Crippen molar-refractivity contribution < 1.29 is 9.21 Å². The van der Waals surface area contributed by atoms with E-state index in [0.717, 1.165) is 5.52 Å². The van der Waals surface area contributed by atoms with Gasteiger partial charge in [-0.1, -0.05) is 6.07 Å². The molecule has 5 heteroatoms. The molecule has 1 amide bonds. The second-order valence-electron chi connectivity index (χ2n) is 3.17. The topological polar surface area (TPSA) is 81.2 Å². The van der Waals surface area contributed by atoms with Crippen LogP contribution in [0, 0.1) is 0 Å². The highest BCUT2D eigenvalue weighted by Crippen LogP contribution is 2.18. The highest BCUT2D eigenvalue weighted by Gasteiger charge is 2.14. The second kappa shape index (κ2) is 3.70. The smallest absolute Gasteiger partial charge is 0.241 e. The molecule has 0 aliphatic carbocycles. The Labute approximate surface area is 86.3 Å². The van der Waals surface area contributed by atoms with Crippen molar-refractivity contribution in [1.82, 2.24) is 10.3 Å². The summed E-state index contributed by atoms with van der Waals surface area (Å²) in [4.78, 5) is 15.3. The van der Waals surface area contributed by atoms with Gasteiger partial charge in [-0.25, -0.2) is 4.98 Å². The van der Waals surface area contributed by atoms with Gasteiger partial charge in [0.25, 0.3) is 0 Å². The second-order valence-corrected chi connectivity index (χ2v) is 3.17. The zero-order chi connectivity index (χ0) is 10.8. The number of hydrogen-bond donors (Lipinski definition) is 2. The molecule has 0 spiro atoms. The van der Waals surface area contributed by atoms with Gasteiger partial charge in [0.2, 0.25) is 5.91 Å². The van der Waals surface area contributed by atoms with Crippen molar-refractivity contribution in [2.24, 2.45) is 5.73 Å². The summed E-state index contributed by atoms with van der Waals surface area (Å²) in [7, 11) is 1.55. The Balaban J connectivity index is 2.39. The summed E-state index contributed by atoms with van der Waals surface area (Å²) < 4.78 is 5.12. The van der Waals surface area contributed by atoms with Gasteiger partial charge in [0.1, 0.15) is 11.6 Å². The maximum absolute atomic E-state index is 11.3. The van der Waals surface area contributed by atoms with Crippen LogP contribution in [0.5, 0.6) is 0 Å². The van der Waals surface area contributed by atoms with Crippen LogP contribution in [0.15, 0.2) is 29.0 Å². The van der Waals surface area contributed by atoms with Crippen molar-refractivity contribution >= 4 is 17.0 Å². The SMILES string of the molecule is CNC(=O)C(N)c1ccc2ncoc2c1. The van der Waals surface area contributed by atoms with Crippen molar-refractivity contribution in [1.29, 1.82) is 0 Å². The highest BCUT2D eigenvalue weighted by atomic mass is 16.3. The number of oxazole rings is 1. The molecule has 0 radical (unpaired) electrons. The largest absolute Gasteiger partial charge is 0.443 e. The van der Waals surface area contributed by atoms with Gasteiger partial charge in [0.15, 0.2) is 12.0 Å². The Morgan fingerprint density at radius 3 is 3.13 bits per heavy atom. The Morgan fingerprint density at radius 2 is 2.40 bits per heavy atom. The molecule has 2 rings (SSSR count). The molecule has 15 heavy (non-hydrogen) atoms. The number of amides is 1. The van der Waals surface area contributed by atoms with Crippen LogP contribution in [-0.4, -0.2) is 17.9 Å². The van der Waals surface area contributed by atoms with Crippen molar-refractivity contribution in [3.63, 3.8) is 0 Å². The molecule has 0 bridgehead atoms. The highest BCUT2D eigenvalue weighted by molar-refractivity contribution is 5.84. The number of hydrogen-bond acceptors (Lipinski definition) is 4. The van der Waals surface area contributed by atoms with Crippen LogP contribution < -0.4 is 11.1 Å². The van der Waals surface area contributed by atoms with Crippen LogP contribution in [-0.2, 0) is 4.79 Å². The van der Waals surface area contributed by atoms with Crippen LogP contribution in [0.2, 0.25) is 0 Å². The van der Waals surface area contributed by atoms with Gasteiger partial charge in [-0.2, -0.15) is 0 Å². The van der Waals surface area contributed by atoms with E-state index in [1.54, 1.807) is 25.2 Å².